The maximum Gasteiger partial charge on any atom is 0.293 e. The van der Waals surface area contributed by atoms with Crippen LogP contribution in [0.15, 0.2) is 114 Å². The smallest absolute Gasteiger partial charge is 0.293 e. The first-order chi connectivity index (χ1) is 32.7. The minimum Gasteiger partial charge on any atom is -0.456 e. The number of benzene rings is 5. The Morgan fingerprint density at radius 1 is 0.882 bits per heavy atom. The van der Waals surface area contributed by atoms with E-state index < -0.39 is 25.7 Å². The number of likely N-dealkylation sites (tertiary alicyclic amines) is 1. The van der Waals surface area contributed by atoms with Gasteiger partial charge in [0, 0.05) is 111 Å². The standard InChI is InChI=1S/C52H58ClN7O7S/c1-52(2,3)45-33-44(35-7-5-4-6-8-35)37(30-46(45)53)34-57-23-25-59(26-24-57)40-9-12-43(50(31-40)67-41-10-13-47-36(29-41)15-20-54-47)51(61)56-68(64,65)42-11-14-48(49(32-42)60(62)63)55-38-16-21-58(22-17-38)39-18-27-66-28-19-39/h4-15,20,29-33,38-39,54-55H,16-19,21-28,34H2,1-3H3,(H,56,61). The third-order valence-corrected chi connectivity index (χ3v) is 15.1. The molecule has 0 unspecified atom stereocenters. The summed E-state index contributed by atoms with van der Waals surface area (Å²) in [5, 5.41) is 17.3. The van der Waals surface area contributed by atoms with Crippen LogP contribution in [0.25, 0.3) is 22.0 Å². The number of fused-ring (bicyclic) bond motifs is 1. The SMILES string of the molecule is CC(C)(C)c1cc(-c2ccccc2)c(CN2CCN(c3ccc(C(=O)NS(=O)(=O)c4ccc(NC5CCN(C6CCOCC6)CC5)c([N+](=O)[O-])c4)c(Oc4ccc5[nH]ccc5c4)c3)CC2)cc1Cl. The molecule has 3 aliphatic rings. The number of carbonyl (C=O) groups is 1. The number of H-pyrrole nitrogens is 1. The number of piperazine rings is 1. The number of sulfonamides is 1. The Morgan fingerprint density at radius 3 is 2.35 bits per heavy atom. The summed E-state index contributed by atoms with van der Waals surface area (Å²) in [4.78, 5) is 35.7. The van der Waals surface area contributed by atoms with E-state index in [2.05, 4.69) is 86.9 Å². The van der Waals surface area contributed by atoms with Gasteiger partial charge in [-0.2, -0.15) is 0 Å². The number of nitrogens with one attached hydrogen (secondary N) is 3. The average Bonchev–Trinajstić information content (AvgIpc) is 3.80. The van der Waals surface area contributed by atoms with Crippen LogP contribution in [-0.4, -0.2) is 98.6 Å². The van der Waals surface area contributed by atoms with Gasteiger partial charge >= 0.3 is 0 Å². The molecule has 3 N–H and O–H groups in total. The largest absolute Gasteiger partial charge is 0.456 e. The maximum absolute atomic E-state index is 14.1. The number of halogens is 1. The highest BCUT2D eigenvalue weighted by molar-refractivity contribution is 7.90. The van der Waals surface area contributed by atoms with E-state index in [4.69, 9.17) is 21.1 Å². The van der Waals surface area contributed by atoms with E-state index in [-0.39, 0.29) is 34.1 Å². The minimum atomic E-state index is -4.57. The molecular weight excluding hydrogens is 902 g/mol. The summed E-state index contributed by atoms with van der Waals surface area (Å²) >= 11 is 6.93. The van der Waals surface area contributed by atoms with Crippen molar-refractivity contribution in [1.29, 1.82) is 0 Å². The fourth-order valence-electron chi connectivity index (χ4n) is 9.68. The van der Waals surface area contributed by atoms with Crippen LogP contribution in [0.4, 0.5) is 17.1 Å². The van der Waals surface area contributed by atoms with Crippen LogP contribution in [0, 0.1) is 10.1 Å². The van der Waals surface area contributed by atoms with Crippen molar-refractivity contribution in [1.82, 2.24) is 19.5 Å². The lowest BCUT2D eigenvalue weighted by atomic mass is 9.84. The van der Waals surface area contributed by atoms with Gasteiger partial charge in [0.15, 0.2) is 0 Å². The number of nitro benzene ring substituents is 1. The van der Waals surface area contributed by atoms with Crippen LogP contribution in [-0.2, 0) is 26.7 Å². The Kier molecular flexibility index (Phi) is 13.8. The molecule has 0 radical (unpaired) electrons. The molecule has 0 aliphatic carbocycles. The van der Waals surface area contributed by atoms with Gasteiger partial charge in [-0.15, -0.1) is 0 Å². The first kappa shape index (κ1) is 47.1. The van der Waals surface area contributed by atoms with Gasteiger partial charge in [-0.1, -0.05) is 62.7 Å². The zero-order chi connectivity index (χ0) is 47.6. The van der Waals surface area contributed by atoms with E-state index >= 15 is 0 Å². The van der Waals surface area contributed by atoms with Gasteiger partial charge in [0.1, 0.15) is 17.2 Å². The molecule has 1 amide bonds. The molecule has 0 bridgehead atoms. The highest BCUT2D eigenvalue weighted by Gasteiger charge is 2.31. The van der Waals surface area contributed by atoms with Crippen molar-refractivity contribution in [2.45, 2.75) is 75.4 Å². The number of nitrogens with zero attached hydrogens (tertiary/aromatic N) is 4. The van der Waals surface area contributed by atoms with Crippen LogP contribution >= 0.6 is 11.6 Å². The van der Waals surface area contributed by atoms with Crippen molar-refractivity contribution in [3.05, 3.63) is 141 Å². The molecule has 3 fully saturated rings. The molecule has 4 heterocycles. The highest BCUT2D eigenvalue weighted by Crippen LogP contribution is 2.38. The normalized spacial score (nSPS) is 17.0. The number of ether oxygens (including phenoxy) is 2. The Bertz CT molecular complexity index is 2900. The van der Waals surface area contributed by atoms with E-state index in [1.54, 1.807) is 24.3 Å². The second-order valence-electron chi connectivity index (χ2n) is 19.0. The lowest BCUT2D eigenvalue weighted by Gasteiger charge is -2.39. The number of hydrogen-bond acceptors (Lipinski definition) is 11. The minimum absolute atomic E-state index is 0.0145. The van der Waals surface area contributed by atoms with Gasteiger partial charge in [0.05, 0.1) is 15.4 Å². The molecule has 6 aromatic rings. The number of piperidine rings is 1. The first-order valence-corrected chi connectivity index (χ1v) is 25.2. The second kappa shape index (κ2) is 19.9. The number of carbonyl (C=O) groups excluding carboxylic acids is 1. The predicted molar refractivity (Wildman–Crippen MR) is 268 cm³/mol. The number of aromatic nitrogens is 1. The van der Waals surface area contributed by atoms with Crippen molar-refractivity contribution in [2.75, 3.05) is 62.7 Å². The van der Waals surface area contributed by atoms with Crippen molar-refractivity contribution >= 4 is 55.5 Å². The monoisotopic (exact) mass is 959 g/mol. The van der Waals surface area contributed by atoms with Gasteiger partial charge in [-0.25, -0.2) is 13.1 Å². The van der Waals surface area contributed by atoms with Crippen molar-refractivity contribution in [2.24, 2.45) is 0 Å². The molecule has 16 heteroatoms. The molecular formula is C52H58ClN7O7S. The summed E-state index contributed by atoms with van der Waals surface area (Å²) in [7, 11) is -4.57. The number of nitro groups is 1. The zero-order valence-corrected chi connectivity index (χ0v) is 40.2. The van der Waals surface area contributed by atoms with Crippen molar-refractivity contribution in [3.8, 4) is 22.6 Å². The maximum atomic E-state index is 14.1. The Hall–Kier alpha value is -5.97. The summed E-state index contributed by atoms with van der Waals surface area (Å²) in [6, 6.07) is 31.4. The molecule has 5 aromatic carbocycles. The Morgan fingerprint density at radius 2 is 1.63 bits per heavy atom. The van der Waals surface area contributed by atoms with Gasteiger partial charge in [0.25, 0.3) is 21.6 Å². The molecule has 14 nitrogen and oxygen atoms in total. The summed E-state index contributed by atoms with van der Waals surface area (Å²) in [6.07, 6.45) is 5.41. The molecule has 3 saturated heterocycles. The van der Waals surface area contributed by atoms with E-state index in [0.717, 1.165) is 115 Å². The molecule has 9 rings (SSSR count). The Balaban J connectivity index is 0.914. The molecule has 68 heavy (non-hydrogen) atoms. The number of aromatic amines is 1. The molecule has 0 saturated carbocycles. The van der Waals surface area contributed by atoms with Crippen LogP contribution in [0.2, 0.25) is 5.02 Å². The molecule has 0 atom stereocenters. The first-order valence-electron chi connectivity index (χ1n) is 23.4. The summed E-state index contributed by atoms with van der Waals surface area (Å²) in [5.41, 5.74) is 5.97. The highest BCUT2D eigenvalue weighted by atomic mass is 35.5. The van der Waals surface area contributed by atoms with Crippen LogP contribution in [0.5, 0.6) is 11.5 Å². The topological polar surface area (TPSA) is 162 Å². The van der Waals surface area contributed by atoms with Crippen LogP contribution < -0.4 is 19.7 Å². The van der Waals surface area contributed by atoms with Gasteiger partial charge in [-0.05, 0) is 114 Å². The number of hydrogen-bond donors (Lipinski definition) is 3. The van der Waals surface area contributed by atoms with E-state index in [1.807, 2.05) is 30.5 Å². The molecule has 1 aromatic heterocycles. The number of anilines is 2. The predicted octanol–water partition coefficient (Wildman–Crippen LogP) is 9.98. The molecule has 3 aliphatic heterocycles. The van der Waals surface area contributed by atoms with Gasteiger partial charge in [-0.3, -0.25) is 19.8 Å². The van der Waals surface area contributed by atoms with Crippen molar-refractivity contribution in [3.63, 3.8) is 0 Å². The fraction of sp³-hybridized carbons (Fsp3) is 0.365. The second-order valence-corrected chi connectivity index (χ2v) is 21.1. The van der Waals surface area contributed by atoms with E-state index in [9.17, 15) is 23.3 Å². The van der Waals surface area contributed by atoms with E-state index in [0.29, 0.717) is 31.4 Å². The quantitative estimate of drug-likeness (QED) is 0.0746. The third kappa shape index (κ3) is 10.7. The molecule has 0 spiro atoms. The van der Waals surface area contributed by atoms with Gasteiger partial charge < -0.3 is 29.6 Å². The van der Waals surface area contributed by atoms with Crippen LogP contribution in [0.3, 0.4) is 0 Å². The summed E-state index contributed by atoms with van der Waals surface area (Å²) in [6.45, 7) is 13.3. The summed E-state index contributed by atoms with van der Waals surface area (Å²) < 4.78 is 41.8. The fourth-order valence-corrected chi connectivity index (χ4v) is 11.1. The average molecular weight is 961 g/mol. The van der Waals surface area contributed by atoms with Crippen LogP contribution in [0.1, 0.15) is 67.9 Å². The lowest BCUT2D eigenvalue weighted by molar-refractivity contribution is -0.384. The zero-order valence-electron chi connectivity index (χ0n) is 38.7. The lowest BCUT2D eigenvalue weighted by Crippen LogP contribution is -2.46. The van der Waals surface area contributed by atoms with Gasteiger partial charge in [0.2, 0.25) is 0 Å². The third-order valence-electron chi connectivity index (χ3n) is 13.5. The van der Waals surface area contributed by atoms with E-state index in [1.165, 1.54) is 12.1 Å². The Labute approximate surface area is 402 Å². The number of amides is 1. The summed E-state index contributed by atoms with van der Waals surface area (Å²) in [5.74, 6) is -0.332. The number of rotatable bonds is 13. The van der Waals surface area contributed by atoms with Crippen molar-refractivity contribution < 1.29 is 27.6 Å². The molecule has 356 valence electrons.